The average molecular weight is 537 g/mol. The molecule has 1 aliphatic rings. The summed E-state index contributed by atoms with van der Waals surface area (Å²) in [6, 6.07) is 16.4. The van der Waals surface area contributed by atoms with Crippen LogP contribution in [0.2, 0.25) is 0 Å². The average Bonchev–Trinajstić information content (AvgIpc) is 3.42. The molecule has 9 heteroatoms. The van der Waals surface area contributed by atoms with Crippen LogP contribution in [0.15, 0.2) is 84.4 Å². The number of benzene rings is 2. The molecular weight excluding hydrogens is 507 g/mol. The molecule has 0 spiro atoms. The van der Waals surface area contributed by atoms with Gasteiger partial charge in [0.25, 0.3) is 0 Å². The molecule has 0 aliphatic carbocycles. The zero-order valence-corrected chi connectivity index (χ0v) is 22.3. The molecule has 0 amide bonds. The summed E-state index contributed by atoms with van der Waals surface area (Å²) in [5.41, 5.74) is 5.03. The number of ether oxygens (including phenoxy) is 1. The van der Waals surface area contributed by atoms with Gasteiger partial charge in [-0.25, -0.2) is 9.37 Å². The third-order valence-electron chi connectivity index (χ3n) is 6.51. The Kier molecular flexibility index (Phi) is 8.45. The van der Waals surface area contributed by atoms with E-state index in [9.17, 15) is 8.60 Å². The Morgan fingerprint density at radius 1 is 1.00 bits per heavy atom. The van der Waals surface area contributed by atoms with Crippen molar-refractivity contribution >= 4 is 22.6 Å². The molecule has 2 aromatic carbocycles. The van der Waals surface area contributed by atoms with Crippen LogP contribution in [0.4, 0.5) is 4.39 Å². The largest absolute Gasteiger partial charge is 0.379 e. The fraction of sp³-hybridized carbons (Fsp3) is 0.286. The molecule has 2 aromatic heterocycles. The van der Waals surface area contributed by atoms with Crippen LogP contribution in [0.3, 0.4) is 0 Å². The zero-order chi connectivity index (χ0) is 25.6. The second-order valence-electron chi connectivity index (χ2n) is 8.85. The Hall–Kier alpha value is -2.85. The van der Waals surface area contributed by atoms with Crippen LogP contribution in [-0.4, -0.2) is 62.0 Å². The molecule has 2 unspecified atom stereocenters. The molecule has 3 heterocycles. The predicted molar refractivity (Wildman–Crippen MR) is 147 cm³/mol. The van der Waals surface area contributed by atoms with Gasteiger partial charge < -0.3 is 9.30 Å². The van der Waals surface area contributed by atoms with Gasteiger partial charge >= 0.3 is 0 Å². The molecule has 4 aromatic rings. The van der Waals surface area contributed by atoms with Gasteiger partial charge in [-0.1, -0.05) is 24.3 Å². The van der Waals surface area contributed by atoms with E-state index in [1.807, 2.05) is 54.6 Å². The van der Waals surface area contributed by atoms with Gasteiger partial charge in [-0.15, -0.1) is 0 Å². The Morgan fingerprint density at radius 2 is 1.73 bits per heavy atom. The highest BCUT2D eigenvalue weighted by Crippen LogP contribution is 2.31. The van der Waals surface area contributed by atoms with E-state index >= 15 is 0 Å². The second-order valence-corrected chi connectivity index (χ2v) is 11.2. The highest BCUT2D eigenvalue weighted by Gasteiger charge is 2.25. The van der Waals surface area contributed by atoms with Gasteiger partial charge in [0.15, 0.2) is 0 Å². The first-order valence-corrected chi connectivity index (χ1v) is 14.9. The van der Waals surface area contributed by atoms with Gasteiger partial charge in [-0.3, -0.25) is 14.1 Å². The molecule has 0 radical (unpaired) electrons. The highest BCUT2D eigenvalue weighted by molar-refractivity contribution is 7.98. The topological polar surface area (TPSA) is 60.2 Å². The minimum Gasteiger partial charge on any atom is -0.379 e. The van der Waals surface area contributed by atoms with E-state index in [0.717, 1.165) is 57.4 Å². The Bertz CT molecular complexity index is 1340. The zero-order valence-electron chi connectivity index (χ0n) is 20.6. The number of thioether (sulfide) groups is 1. The van der Waals surface area contributed by atoms with Crippen LogP contribution in [0.5, 0.6) is 0 Å². The molecule has 37 heavy (non-hydrogen) atoms. The lowest BCUT2D eigenvalue weighted by Gasteiger charge is -2.36. The normalized spacial score (nSPS) is 15.9. The van der Waals surface area contributed by atoms with Crippen molar-refractivity contribution in [2.45, 2.75) is 16.8 Å². The number of hydrogen-bond donors (Lipinski definition) is 0. The fourth-order valence-electron chi connectivity index (χ4n) is 4.56. The van der Waals surface area contributed by atoms with Crippen molar-refractivity contribution in [2.75, 3.05) is 38.3 Å². The van der Waals surface area contributed by atoms with Crippen molar-refractivity contribution in [1.82, 2.24) is 19.4 Å². The summed E-state index contributed by atoms with van der Waals surface area (Å²) < 4.78 is 33.9. The van der Waals surface area contributed by atoms with E-state index in [0.29, 0.717) is 13.2 Å². The summed E-state index contributed by atoms with van der Waals surface area (Å²) >= 11 is 1.82. The van der Waals surface area contributed by atoms with Gasteiger partial charge in [0.1, 0.15) is 5.82 Å². The molecule has 2 atom stereocenters. The summed E-state index contributed by atoms with van der Waals surface area (Å²) in [7, 11) is -1.14. The van der Waals surface area contributed by atoms with E-state index in [2.05, 4.69) is 19.4 Å². The van der Waals surface area contributed by atoms with Crippen molar-refractivity contribution in [3.05, 3.63) is 90.9 Å². The van der Waals surface area contributed by atoms with Crippen molar-refractivity contribution in [3.8, 4) is 22.4 Å². The van der Waals surface area contributed by atoms with Crippen molar-refractivity contribution in [2.24, 2.45) is 0 Å². The molecule has 6 nitrogen and oxygen atoms in total. The smallest absolute Gasteiger partial charge is 0.123 e. The lowest BCUT2D eigenvalue weighted by Crippen LogP contribution is -2.42. The van der Waals surface area contributed by atoms with E-state index in [4.69, 9.17) is 4.74 Å². The first-order valence-electron chi connectivity index (χ1n) is 12.1. The van der Waals surface area contributed by atoms with Crippen molar-refractivity contribution in [3.63, 3.8) is 0 Å². The van der Waals surface area contributed by atoms with Crippen LogP contribution in [0, 0.1) is 5.82 Å². The summed E-state index contributed by atoms with van der Waals surface area (Å²) in [5, 5.41) is 0. The van der Waals surface area contributed by atoms with E-state index in [1.54, 1.807) is 30.8 Å². The Morgan fingerprint density at radius 3 is 2.46 bits per heavy atom. The lowest BCUT2D eigenvalue weighted by molar-refractivity contribution is 0.00536. The quantitative estimate of drug-likeness (QED) is 0.291. The highest BCUT2D eigenvalue weighted by atomic mass is 32.2. The molecule has 0 bridgehead atoms. The number of hydrogen-bond acceptors (Lipinski definition) is 6. The maximum atomic E-state index is 13.4. The van der Waals surface area contributed by atoms with Gasteiger partial charge in [0, 0.05) is 53.7 Å². The van der Waals surface area contributed by atoms with Crippen LogP contribution >= 0.6 is 11.8 Å². The van der Waals surface area contributed by atoms with Gasteiger partial charge in [-0.05, 0) is 47.0 Å². The third kappa shape index (κ3) is 6.18. The summed E-state index contributed by atoms with van der Waals surface area (Å²) in [6.45, 7) is 3.14. The maximum Gasteiger partial charge on any atom is 0.123 e. The van der Waals surface area contributed by atoms with E-state index in [1.165, 1.54) is 12.1 Å². The maximum absolute atomic E-state index is 13.4. The number of aromatic nitrogens is 3. The molecule has 1 aliphatic heterocycles. The van der Waals surface area contributed by atoms with E-state index < -0.39 is 10.8 Å². The molecular formula is C28H29FN4O2S2. The number of pyridine rings is 1. The summed E-state index contributed by atoms with van der Waals surface area (Å²) in [5.74, 6) is 1.30. The summed E-state index contributed by atoms with van der Waals surface area (Å²) in [6.07, 6.45) is 9.22. The molecule has 192 valence electrons. The SMILES string of the molecule is CS(=O)c1cc(-c2ccc(F)cc2)ccc1CSCC(N1CCOCC1)n1cncc1-c1ccncc1. The molecule has 5 rings (SSSR count). The van der Waals surface area contributed by atoms with Crippen LogP contribution < -0.4 is 0 Å². The monoisotopic (exact) mass is 536 g/mol. The van der Waals surface area contributed by atoms with Gasteiger partial charge in [0.05, 0.1) is 48.4 Å². The number of halogens is 1. The fourth-order valence-corrected chi connectivity index (χ4v) is 6.63. The van der Waals surface area contributed by atoms with Crippen LogP contribution in [0.25, 0.3) is 22.4 Å². The number of nitrogens with zero attached hydrogens (tertiary/aromatic N) is 4. The van der Waals surface area contributed by atoms with Crippen LogP contribution in [-0.2, 0) is 21.3 Å². The molecule has 0 N–H and O–H groups in total. The van der Waals surface area contributed by atoms with Gasteiger partial charge in [-0.2, -0.15) is 11.8 Å². The standard InChI is InChI=1S/C28H29FN4O2S2/c1-37(34)27-16-23(21-4-6-25(29)7-5-21)2-3-24(27)18-36-19-28(32-12-14-35-15-13-32)33-20-31-17-26(33)22-8-10-30-11-9-22/h2-11,16-17,20,28H,12-15,18-19H2,1H3. The Balaban J connectivity index is 1.36. The van der Waals surface area contributed by atoms with Crippen molar-refractivity contribution < 1.29 is 13.3 Å². The minimum atomic E-state index is -1.14. The third-order valence-corrected chi connectivity index (χ3v) is 8.56. The number of imidazole rings is 1. The first-order chi connectivity index (χ1) is 18.1. The van der Waals surface area contributed by atoms with Crippen LogP contribution in [0.1, 0.15) is 11.7 Å². The predicted octanol–water partition coefficient (Wildman–Crippen LogP) is 5.25. The minimum absolute atomic E-state index is 0.105. The van der Waals surface area contributed by atoms with Gasteiger partial charge in [0.2, 0.25) is 0 Å². The molecule has 1 fully saturated rings. The lowest BCUT2D eigenvalue weighted by atomic mass is 10.0. The number of morpholine rings is 1. The van der Waals surface area contributed by atoms with Crippen molar-refractivity contribution in [1.29, 1.82) is 0 Å². The first kappa shape index (κ1) is 25.8. The Labute approximate surface area is 223 Å². The number of rotatable bonds is 9. The second kappa shape index (κ2) is 12.1. The molecule has 1 saturated heterocycles. The van der Waals surface area contributed by atoms with E-state index in [-0.39, 0.29) is 12.0 Å². The summed E-state index contributed by atoms with van der Waals surface area (Å²) in [4.78, 5) is 11.9. The molecule has 0 saturated carbocycles.